The molecule has 17 heavy (non-hydrogen) atoms. The highest BCUT2D eigenvalue weighted by atomic mass is 32.2. The Morgan fingerprint density at radius 3 is 1.29 bits per heavy atom. The maximum absolute atomic E-state index is 12.8. The summed E-state index contributed by atoms with van der Waals surface area (Å²) >= 11 is 0. The molecule has 10 heteroatoms. The maximum atomic E-state index is 12.8. The molecule has 1 aromatic carbocycles. The summed E-state index contributed by atoms with van der Waals surface area (Å²) in [5.41, 5.74) is 0. The van der Waals surface area contributed by atoms with Gasteiger partial charge in [-0.05, 0) is 0 Å². The molecule has 0 aromatic heterocycles. The van der Waals surface area contributed by atoms with Crippen LogP contribution in [0.4, 0.5) is 30.7 Å². The highest BCUT2D eigenvalue weighted by Gasteiger charge is 2.38. The third-order valence-electron chi connectivity index (χ3n) is 1.69. The molecular weight excluding hydrogens is 281 g/mol. The third kappa shape index (κ3) is 1.96. The van der Waals surface area contributed by atoms with Crippen molar-refractivity contribution in [3.8, 4) is 0 Å². The number of halogens is 7. The van der Waals surface area contributed by atoms with Crippen LogP contribution in [0.15, 0.2) is 4.90 Å². The molecule has 0 N–H and O–H groups in total. The van der Waals surface area contributed by atoms with E-state index < -0.39 is 49.6 Å². The number of alkyl halides is 2. The molecule has 0 amide bonds. The molecule has 0 radical (unpaired) electrons. The first-order valence-electron chi connectivity index (χ1n) is 3.65. The fourth-order valence-corrected chi connectivity index (χ4v) is 1.78. The van der Waals surface area contributed by atoms with Gasteiger partial charge in [0.15, 0.2) is 28.2 Å². The van der Waals surface area contributed by atoms with Crippen LogP contribution < -0.4 is 0 Å². The number of benzene rings is 1. The Hall–Kier alpha value is -1.32. The Morgan fingerprint density at radius 2 is 1.00 bits per heavy atom. The van der Waals surface area contributed by atoms with E-state index in [4.69, 9.17) is 0 Å². The lowest BCUT2D eigenvalue weighted by Gasteiger charge is -2.08. The van der Waals surface area contributed by atoms with Crippen LogP contribution in [0.25, 0.3) is 0 Å². The van der Waals surface area contributed by atoms with Crippen LogP contribution in [0.1, 0.15) is 0 Å². The van der Waals surface area contributed by atoms with E-state index in [0.717, 1.165) is 0 Å². The standard InChI is InChI=1S/C7HF7O2S/c8-1-2(9)4(11)6(5(12)3(1)10)17(15,16)7(13)14/h7H. The number of hydrogen-bond donors (Lipinski definition) is 0. The normalized spacial score (nSPS) is 12.2. The number of sulfone groups is 1. The van der Waals surface area contributed by atoms with Gasteiger partial charge in [0.1, 0.15) is 0 Å². The molecule has 0 atom stereocenters. The summed E-state index contributed by atoms with van der Waals surface area (Å²) in [4.78, 5) is -2.54. The van der Waals surface area contributed by atoms with Crippen LogP contribution in [0.3, 0.4) is 0 Å². The predicted octanol–water partition coefficient (Wildman–Crippen LogP) is 2.38. The SMILES string of the molecule is O=S(=O)(c1c(F)c(F)c(F)c(F)c1F)C(F)F. The molecule has 0 saturated carbocycles. The second-order valence-corrected chi connectivity index (χ2v) is 4.56. The Morgan fingerprint density at radius 1 is 0.706 bits per heavy atom. The minimum atomic E-state index is -5.93. The Kier molecular flexibility index (Phi) is 3.37. The molecule has 96 valence electrons. The average Bonchev–Trinajstić information content (AvgIpc) is 2.23. The van der Waals surface area contributed by atoms with Crippen molar-refractivity contribution in [2.24, 2.45) is 0 Å². The summed E-state index contributed by atoms with van der Waals surface area (Å²) in [6, 6.07) is 0. The van der Waals surface area contributed by atoms with Crippen molar-refractivity contribution in [3.05, 3.63) is 29.1 Å². The van der Waals surface area contributed by atoms with Gasteiger partial charge in [0.05, 0.1) is 0 Å². The zero-order chi connectivity index (χ0) is 13.5. The lowest BCUT2D eigenvalue weighted by Crippen LogP contribution is -2.18. The second-order valence-electron chi connectivity index (χ2n) is 2.70. The number of rotatable bonds is 2. The molecular formula is C7HF7O2S. The fraction of sp³-hybridized carbons (Fsp3) is 0.143. The minimum absolute atomic E-state index is 2.54. The van der Waals surface area contributed by atoms with Crippen molar-refractivity contribution in [1.29, 1.82) is 0 Å². The average molecular weight is 282 g/mol. The lowest BCUT2D eigenvalue weighted by molar-refractivity contribution is 0.232. The smallest absolute Gasteiger partial charge is 0.218 e. The van der Waals surface area contributed by atoms with Crippen molar-refractivity contribution in [2.75, 3.05) is 0 Å². The van der Waals surface area contributed by atoms with Crippen molar-refractivity contribution in [3.63, 3.8) is 0 Å². The van der Waals surface area contributed by atoms with Crippen molar-refractivity contribution >= 4 is 9.84 Å². The van der Waals surface area contributed by atoms with Crippen molar-refractivity contribution in [2.45, 2.75) is 10.7 Å². The van der Waals surface area contributed by atoms with E-state index in [1.165, 1.54) is 0 Å². The van der Waals surface area contributed by atoms with E-state index in [9.17, 15) is 39.2 Å². The fourth-order valence-electron chi connectivity index (χ4n) is 0.924. The highest BCUT2D eigenvalue weighted by molar-refractivity contribution is 7.91. The van der Waals surface area contributed by atoms with Gasteiger partial charge in [-0.15, -0.1) is 0 Å². The highest BCUT2D eigenvalue weighted by Crippen LogP contribution is 2.29. The molecule has 2 nitrogen and oxygen atoms in total. The summed E-state index contributed by atoms with van der Waals surface area (Å²) in [5.74, 6) is -17.8. The summed E-state index contributed by atoms with van der Waals surface area (Å²) < 4.78 is 109. The van der Waals surface area contributed by atoms with Crippen LogP contribution in [0, 0.1) is 29.1 Å². The van der Waals surface area contributed by atoms with Gasteiger partial charge in [-0.1, -0.05) is 0 Å². The molecule has 0 heterocycles. The van der Waals surface area contributed by atoms with E-state index >= 15 is 0 Å². The molecule has 1 rings (SSSR count). The molecule has 0 aliphatic rings. The van der Waals surface area contributed by atoms with Crippen LogP contribution in [0.5, 0.6) is 0 Å². The maximum Gasteiger partial charge on any atom is 0.341 e. The first kappa shape index (κ1) is 13.7. The molecule has 0 aliphatic heterocycles. The third-order valence-corrected chi connectivity index (χ3v) is 3.09. The van der Waals surface area contributed by atoms with E-state index in [-0.39, 0.29) is 0 Å². The van der Waals surface area contributed by atoms with Crippen LogP contribution in [0.2, 0.25) is 0 Å². The van der Waals surface area contributed by atoms with E-state index in [1.807, 2.05) is 0 Å². The second kappa shape index (κ2) is 4.17. The van der Waals surface area contributed by atoms with Gasteiger partial charge < -0.3 is 0 Å². The van der Waals surface area contributed by atoms with Gasteiger partial charge in [0.25, 0.3) is 0 Å². The Balaban J connectivity index is 3.80. The molecule has 0 bridgehead atoms. The molecule has 0 aliphatic carbocycles. The minimum Gasteiger partial charge on any atom is -0.218 e. The zero-order valence-electron chi connectivity index (χ0n) is 7.45. The first-order chi connectivity index (χ1) is 7.62. The lowest BCUT2D eigenvalue weighted by atomic mass is 10.3. The topological polar surface area (TPSA) is 34.1 Å². The van der Waals surface area contributed by atoms with Gasteiger partial charge >= 0.3 is 5.76 Å². The summed E-state index contributed by atoms with van der Waals surface area (Å²) in [7, 11) is -5.93. The molecule has 0 fully saturated rings. The largest absolute Gasteiger partial charge is 0.341 e. The Bertz CT molecular complexity index is 537. The van der Waals surface area contributed by atoms with Crippen molar-refractivity contribution in [1.82, 2.24) is 0 Å². The first-order valence-corrected chi connectivity index (χ1v) is 5.20. The number of hydrogen-bond acceptors (Lipinski definition) is 2. The predicted molar refractivity (Wildman–Crippen MR) is 39.4 cm³/mol. The zero-order valence-corrected chi connectivity index (χ0v) is 8.26. The van der Waals surface area contributed by atoms with Gasteiger partial charge in [0.2, 0.25) is 15.7 Å². The monoisotopic (exact) mass is 282 g/mol. The molecule has 0 saturated heterocycles. The van der Waals surface area contributed by atoms with Gasteiger partial charge in [-0.3, -0.25) is 0 Å². The van der Waals surface area contributed by atoms with Crippen LogP contribution >= 0.6 is 0 Å². The molecule has 1 aromatic rings. The van der Waals surface area contributed by atoms with E-state index in [1.54, 1.807) is 0 Å². The Labute approximate surface area is 89.6 Å². The van der Waals surface area contributed by atoms with Gasteiger partial charge in [0, 0.05) is 0 Å². The van der Waals surface area contributed by atoms with E-state index in [2.05, 4.69) is 0 Å². The van der Waals surface area contributed by atoms with E-state index in [0.29, 0.717) is 0 Å². The molecule has 0 unspecified atom stereocenters. The van der Waals surface area contributed by atoms with Gasteiger partial charge in [-0.25, -0.2) is 30.4 Å². The summed E-state index contributed by atoms with van der Waals surface area (Å²) in [5, 5.41) is 0. The quantitative estimate of drug-likeness (QED) is 0.361. The van der Waals surface area contributed by atoms with Crippen LogP contribution in [-0.2, 0) is 9.84 Å². The summed E-state index contributed by atoms with van der Waals surface area (Å²) in [6.45, 7) is 0. The van der Waals surface area contributed by atoms with Gasteiger partial charge in [-0.2, -0.15) is 8.78 Å². The van der Waals surface area contributed by atoms with Crippen molar-refractivity contribution < 1.29 is 39.2 Å². The molecule has 0 spiro atoms. The summed E-state index contributed by atoms with van der Waals surface area (Å²) in [6.07, 6.45) is 0. The van der Waals surface area contributed by atoms with Crippen LogP contribution in [-0.4, -0.2) is 14.2 Å².